The molecule has 0 aliphatic carbocycles. The predicted octanol–water partition coefficient (Wildman–Crippen LogP) is -0.196. The maximum absolute atomic E-state index is 12.1. The smallest absolute Gasteiger partial charge is 0.326 e. The summed E-state index contributed by atoms with van der Waals surface area (Å²) < 4.78 is 0. The molecule has 7 heteroatoms. The summed E-state index contributed by atoms with van der Waals surface area (Å²) in [7, 11) is 3.92. The molecule has 7 nitrogen and oxygen atoms in total. The summed E-state index contributed by atoms with van der Waals surface area (Å²) in [5.41, 5.74) is -0.115. The molecule has 0 unspecified atom stereocenters. The molecule has 2 atom stereocenters. The molecule has 0 aromatic heterocycles. The molecule has 2 amide bonds. The Morgan fingerprint density at radius 3 is 2.50 bits per heavy atom. The lowest BCUT2D eigenvalue weighted by Gasteiger charge is -2.30. The molecule has 0 spiro atoms. The number of hydrogen-bond donors (Lipinski definition) is 3. The van der Waals surface area contributed by atoms with Crippen LogP contribution in [0.25, 0.3) is 0 Å². The molecule has 1 heterocycles. The Bertz CT molecular complexity index is 371. The van der Waals surface area contributed by atoms with E-state index in [2.05, 4.69) is 5.32 Å². The third kappa shape index (κ3) is 4.64. The third-order valence-corrected chi connectivity index (χ3v) is 3.29. The highest BCUT2D eigenvalue weighted by Gasteiger charge is 2.39. The van der Waals surface area contributed by atoms with Gasteiger partial charge in [-0.2, -0.15) is 0 Å². The zero-order valence-corrected chi connectivity index (χ0v) is 12.6. The van der Waals surface area contributed by atoms with Gasteiger partial charge in [0.15, 0.2) is 0 Å². The van der Waals surface area contributed by atoms with Crippen molar-refractivity contribution in [2.45, 2.75) is 32.4 Å². The SMILES string of the molecule is CN(C)CC(C)(C)CNC(=O)N1C[C@@H](O)C[C@H]1C(=O)O. The Morgan fingerprint density at radius 2 is 2.00 bits per heavy atom. The van der Waals surface area contributed by atoms with Gasteiger partial charge in [-0.15, -0.1) is 0 Å². The van der Waals surface area contributed by atoms with Gasteiger partial charge in [-0.3, -0.25) is 0 Å². The number of carbonyl (C=O) groups excluding carboxylic acids is 1. The Morgan fingerprint density at radius 1 is 1.40 bits per heavy atom. The number of carboxylic acids is 1. The normalized spacial score (nSPS) is 23.2. The van der Waals surface area contributed by atoms with Crippen LogP contribution in [0.4, 0.5) is 4.79 Å². The minimum atomic E-state index is -1.08. The maximum atomic E-state index is 12.1. The van der Waals surface area contributed by atoms with Gasteiger partial charge < -0.3 is 25.3 Å². The summed E-state index contributed by atoms with van der Waals surface area (Å²) in [6.45, 7) is 5.37. The molecule has 0 radical (unpaired) electrons. The molecule has 1 aliphatic rings. The number of likely N-dealkylation sites (tertiary alicyclic amines) is 1. The first-order chi connectivity index (χ1) is 9.12. The zero-order chi connectivity index (χ0) is 15.5. The van der Waals surface area contributed by atoms with Crippen molar-refractivity contribution in [1.29, 1.82) is 0 Å². The van der Waals surface area contributed by atoms with E-state index in [4.69, 9.17) is 5.11 Å². The molecule has 1 fully saturated rings. The standard InChI is InChI=1S/C13H25N3O4/c1-13(2,8-15(3)4)7-14-12(20)16-6-9(17)5-10(16)11(18)19/h9-10,17H,5-8H2,1-4H3,(H,14,20)(H,18,19)/t9-,10-/m0/s1. The predicted molar refractivity (Wildman–Crippen MR) is 74.5 cm³/mol. The molecular weight excluding hydrogens is 262 g/mol. The fourth-order valence-electron chi connectivity index (χ4n) is 2.60. The number of nitrogens with one attached hydrogen (secondary N) is 1. The number of aliphatic hydroxyl groups is 1. The van der Waals surface area contributed by atoms with Crippen LogP contribution in [0.2, 0.25) is 0 Å². The first kappa shape index (κ1) is 16.7. The van der Waals surface area contributed by atoms with Crippen LogP contribution in [0.1, 0.15) is 20.3 Å². The molecule has 20 heavy (non-hydrogen) atoms. The summed E-state index contributed by atoms with van der Waals surface area (Å²) >= 11 is 0. The van der Waals surface area contributed by atoms with E-state index >= 15 is 0 Å². The molecule has 0 aromatic carbocycles. The lowest BCUT2D eigenvalue weighted by Crippen LogP contribution is -2.49. The molecule has 1 rings (SSSR count). The average molecular weight is 287 g/mol. The number of rotatable bonds is 5. The Hall–Kier alpha value is -1.34. The Kier molecular flexibility index (Phi) is 5.35. The third-order valence-electron chi connectivity index (χ3n) is 3.29. The number of aliphatic carboxylic acids is 1. The van der Waals surface area contributed by atoms with Crippen LogP contribution in [0.15, 0.2) is 0 Å². The highest BCUT2D eigenvalue weighted by molar-refractivity contribution is 5.83. The molecule has 0 saturated carbocycles. The number of carboxylic acid groups (broad SMARTS) is 1. The number of aliphatic hydroxyl groups excluding tert-OH is 1. The van der Waals surface area contributed by atoms with Gasteiger partial charge in [0, 0.05) is 26.1 Å². The van der Waals surface area contributed by atoms with E-state index in [0.29, 0.717) is 6.54 Å². The van der Waals surface area contributed by atoms with E-state index in [9.17, 15) is 14.7 Å². The van der Waals surface area contributed by atoms with E-state index < -0.39 is 24.1 Å². The molecule has 1 aliphatic heterocycles. The number of β-amino-alcohol motifs (C(OH)–C–C–N with tert-alkyl or cyclic N) is 1. The summed E-state index contributed by atoms with van der Waals surface area (Å²) in [6.07, 6.45) is -0.680. The van der Waals surface area contributed by atoms with Crippen molar-refractivity contribution in [1.82, 2.24) is 15.1 Å². The second-order valence-electron chi connectivity index (χ2n) is 6.46. The van der Waals surface area contributed by atoms with Gasteiger partial charge in [0.2, 0.25) is 0 Å². The second kappa shape index (κ2) is 6.41. The largest absolute Gasteiger partial charge is 0.480 e. The topological polar surface area (TPSA) is 93.1 Å². The van der Waals surface area contributed by atoms with E-state index in [1.807, 2.05) is 32.8 Å². The molecular formula is C13H25N3O4. The van der Waals surface area contributed by atoms with Crippen molar-refractivity contribution >= 4 is 12.0 Å². The van der Waals surface area contributed by atoms with Crippen molar-refractivity contribution in [3.63, 3.8) is 0 Å². The Labute approximate surface area is 119 Å². The van der Waals surface area contributed by atoms with Gasteiger partial charge in [-0.05, 0) is 19.5 Å². The fraction of sp³-hybridized carbons (Fsp3) is 0.846. The lowest BCUT2D eigenvalue weighted by molar-refractivity contribution is -0.141. The zero-order valence-electron chi connectivity index (χ0n) is 12.6. The van der Waals surface area contributed by atoms with Crippen LogP contribution in [0, 0.1) is 5.41 Å². The minimum Gasteiger partial charge on any atom is -0.480 e. The molecule has 1 saturated heterocycles. The monoisotopic (exact) mass is 287 g/mol. The minimum absolute atomic E-state index is 0.0664. The highest BCUT2D eigenvalue weighted by atomic mass is 16.4. The van der Waals surface area contributed by atoms with Crippen LogP contribution >= 0.6 is 0 Å². The first-order valence-electron chi connectivity index (χ1n) is 6.72. The number of amides is 2. The van der Waals surface area contributed by atoms with Gasteiger partial charge >= 0.3 is 12.0 Å². The van der Waals surface area contributed by atoms with Gasteiger partial charge in [0.25, 0.3) is 0 Å². The summed E-state index contributed by atoms with van der Waals surface area (Å²) in [6, 6.07) is -1.37. The van der Waals surface area contributed by atoms with Crippen LogP contribution in [-0.2, 0) is 4.79 Å². The van der Waals surface area contributed by atoms with Crippen molar-refractivity contribution < 1.29 is 19.8 Å². The quantitative estimate of drug-likeness (QED) is 0.651. The molecule has 3 N–H and O–H groups in total. The second-order valence-corrected chi connectivity index (χ2v) is 6.46. The van der Waals surface area contributed by atoms with Crippen molar-refractivity contribution in [2.24, 2.45) is 5.41 Å². The number of nitrogens with zero attached hydrogens (tertiary/aromatic N) is 2. The van der Waals surface area contributed by atoms with E-state index in [-0.39, 0.29) is 18.4 Å². The Balaban J connectivity index is 2.56. The summed E-state index contributed by atoms with van der Waals surface area (Å²) in [4.78, 5) is 26.4. The molecule has 116 valence electrons. The van der Waals surface area contributed by atoms with Crippen molar-refractivity contribution in [2.75, 3.05) is 33.7 Å². The molecule has 0 aromatic rings. The summed E-state index contributed by atoms with van der Waals surface area (Å²) in [5.74, 6) is -1.08. The fourth-order valence-corrected chi connectivity index (χ4v) is 2.60. The van der Waals surface area contributed by atoms with Crippen LogP contribution in [-0.4, -0.2) is 77.9 Å². The summed E-state index contributed by atoms with van der Waals surface area (Å²) in [5, 5.41) is 21.3. The van der Waals surface area contributed by atoms with Gasteiger partial charge in [0.05, 0.1) is 6.10 Å². The molecule has 0 bridgehead atoms. The van der Waals surface area contributed by atoms with Crippen LogP contribution in [0.5, 0.6) is 0 Å². The number of urea groups is 1. The number of hydrogen-bond acceptors (Lipinski definition) is 4. The highest BCUT2D eigenvalue weighted by Crippen LogP contribution is 2.19. The van der Waals surface area contributed by atoms with Gasteiger partial charge in [0.1, 0.15) is 6.04 Å². The van der Waals surface area contributed by atoms with Crippen molar-refractivity contribution in [3.05, 3.63) is 0 Å². The lowest BCUT2D eigenvalue weighted by atomic mass is 9.93. The average Bonchev–Trinajstić information content (AvgIpc) is 2.67. The number of carbonyl (C=O) groups is 2. The van der Waals surface area contributed by atoms with Crippen LogP contribution < -0.4 is 5.32 Å². The van der Waals surface area contributed by atoms with Gasteiger partial charge in [-0.25, -0.2) is 9.59 Å². The van der Waals surface area contributed by atoms with Gasteiger partial charge in [-0.1, -0.05) is 13.8 Å². The van der Waals surface area contributed by atoms with Crippen molar-refractivity contribution in [3.8, 4) is 0 Å². The van der Waals surface area contributed by atoms with E-state index in [1.165, 1.54) is 4.90 Å². The maximum Gasteiger partial charge on any atom is 0.326 e. The van der Waals surface area contributed by atoms with Crippen LogP contribution in [0.3, 0.4) is 0 Å². The van der Waals surface area contributed by atoms with E-state index in [0.717, 1.165) is 6.54 Å². The first-order valence-corrected chi connectivity index (χ1v) is 6.72. The van der Waals surface area contributed by atoms with E-state index in [1.54, 1.807) is 0 Å².